The number of methoxy groups -OCH3 is 1. The molecule has 2 amide bonds. The fourth-order valence-corrected chi connectivity index (χ4v) is 6.54. The van der Waals surface area contributed by atoms with Gasteiger partial charge in [0.1, 0.15) is 10.6 Å². The van der Waals surface area contributed by atoms with Crippen molar-refractivity contribution in [2.24, 2.45) is 0 Å². The molecule has 4 aromatic rings. The highest BCUT2D eigenvalue weighted by Gasteiger charge is 2.27. The molecule has 10 heteroatoms. The molecule has 1 fully saturated rings. The van der Waals surface area contributed by atoms with Gasteiger partial charge in [0.05, 0.1) is 12.8 Å². The van der Waals surface area contributed by atoms with Gasteiger partial charge in [0, 0.05) is 50.0 Å². The molecule has 0 bridgehead atoms. The summed E-state index contributed by atoms with van der Waals surface area (Å²) in [7, 11) is 0.724. The highest BCUT2D eigenvalue weighted by atomic mass is 32.2. The van der Waals surface area contributed by atoms with Crippen LogP contribution in [-0.4, -0.2) is 70.4 Å². The van der Waals surface area contributed by atoms with Gasteiger partial charge >= 0.3 is 0 Å². The summed E-state index contributed by atoms with van der Waals surface area (Å²) >= 11 is 0. The molecule has 228 valence electrons. The van der Waals surface area contributed by atoms with Crippen molar-refractivity contribution >= 4 is 33.2 Å². The average molecular weight is 613 g/mol. The van der Waals surface area contributed by atoms with E-state index < -0.39 is 10.0 Å². The number of likely N-dealkylation sites (tertiary alicyclic amines) is 1. The molecule has 2 N–H and O–H groups in total. The number of rotatable bonds is 9. The number of nitrogens with zero attached hydrogens (tertiary/aromatic N) is 2. The Morgan fingerprint density at radius 1 is 0.864 bits per heavy atom. The van der Waals surface area contributed by atoms with Crippen LogP contribution in [0.3, 0.4) is 0 Å². The number of ether oxygens (including phenoxy) is 1. The van der Waals surface area contributed by atoms with Gasteiger partial charge in [-0.05, 0) is 79.1 Å². The van der Waals surface area contributed by atoms with E-state index in [-0.39, 0.29) is 28.5 Å². The van der Waals surface area contributed by atoms with Gasteiger partial charge in [0.2, 0.25) is 0 Å². The molecule has 0 spiro atoms. The van der Waals surface area contributed by atoms with E-state index in [1.54, 1.807) is 68.7 Å². The molecule has 1 aliphatic rings. The quantitative estimate of drug-likeness (QED) is 0.259. The van der Waals surface area contributed by atoms with E-state index in [4.69, 9.17) is 4.74 Å². The smallest absolute Gasteiger partial charge is 0.265 e. The van der Waals surface area contributed by atoms with Crippen LogP contribution < -0.4 is 14.8 Å². The van der Waals surface area contributed by atoms with Crippen molar-refractivity contribution in [3.05, 3.63) is 108 Å². The third kappa shape index (κ3) is 6.86. The Labute approximate surface area is 258 Å². The zero-order valence-corrected chi connectivity index (χ0v) is 26.0. The molecule has 1 atom stereocenters. The molecule has 0 unspecified atom stereocenters. The van der Waals surface area contributed by atoms with Gasteiger partial charge in [-0.1, -0.05) is 42.0 Å². The lowest BCUT2D eigenvalue weighted by molar-refractivity contribution is 0.0790. The molecule has 0 aliphatic carbocycles. The fourth-order valence-electron chi connectivity index (χ4n) is 5.30. The summed E-state index contributed by atoms with van der Waals surface area (Å²) in [4.78, 5) is 28.8. The highest BCUT2D eigenvalue weighted by molar-refractivity contribution is 7.92. The predicted octanol–water partition coefficient (Wildman–Crippen LogP) is 5.50. The molecule has 44 heavy (non-hydrogen) atoms. The second-order valence-electron chi connectivity index (χ2n) is 11.1. The first-order valence-corrected chi connectivity index (χ1v) is 15.8. The van der Waals surface area contributed by atoms with E-state index in [9.17, 15) is 18.0 Å². The standard InChI is InChI=1S/C34H36N4O5S/c1-23-8-5-10-26(18-23)34(40)38-17-16-30(22-38)35-28-12-7-13-29(21-28)36-44(41,42)32-20-25(14-15-31(32)43-4)24-9-6-11-27(19-24)33(39)37(2)3/h5-15,18-21,30,35-36H,16-17,22H2,1-4H3/t30-/m1/s1. The number of carbonyl (C=O) groups is 2. The van der Waals surface area contributed by atoms with Gasteiger partial charge in [0.15, 0.2) is 0 Å². The number of carbonyl (C=O) groups excluding carboxylic acids is 2. The van der Waals surface area contributed by atoms with Crippen molar-refractivity contribution in [3.8, 4) is 16.9 Å². The van der Waals surface area contributed by atoms with Crippen LogP contribution >= 0.6 is 0 Å². The largest absolute Gasteiger partial charge is 0.495 e. The Kier molecular flexibility index (Phi) is 8.91. The van der Waals surface area contributed by atoms with Crippen LogP contribution in [0.25, 0.3) is 11.1 Å². The molecule has 1 saturated heterocycles. The van der Waals surface area contributed by atoms with Crippen LogP contribution in [0.4, 0.5) is 11.4 Å². The molecule has 5 rings (SSSR count). The van der Waals surface area contributed by atoms with Crippen molar-refractivity contribution in [2.75, 3.05) is 44.3 Å². The molecule has 0 radical (unpaired) electrons. The SMILES string of the molecule is COc1ccc(-c2cccc(C(=O)N(C)C)c2)cc1S(=O)(=O)Nc1cccc(N[C@@H]2CCN(C(=O)c3cccc(C)c3)C2)c1. The number of sulfonamides is 1. The monoisotopic (exact) mass is 612 g/mol. The molecular formula is C34H36N4O5S. The van der Waals surface area contributed by atoms with Crippen molar-refractivity contribution < 1.29 is 22.7 Å². The summed E-state index contributed by atoms with van der Waals surface area (Å²) < 4.78 is 35.4. The van der Waals surface area contributed by atoms with Crippen LogP contribution in [-0.2, 0) is 10.0 Å². The van der Waals surface area contributed by atoms with Gasteiger partial charge in [-0.25, -0.2) is 8.42 Å². The van der Waals surface area contributed by atoms with Gasteiger partial charge < -0.3 is 19.9 Å². The maximum Gasteiger partial charge on any atom is 0.265 e. The zero-order valence-electron chi connectivity index (χ0n) is 25.2. The summed E-state index contributed by atoms with van der Waals surface area (Å²) in [5, 5.41) is 3.45. The van der Waals surface area contributed by atoms with E-state index in [1.807, 2.05) is 48.2 Å². The first-order valence-electron chi connectivity index (χ1n) is 14.3. The van der Waals surface area contributed by atoms with Crippen LogP contribution in [0.1, 0.15) is 32.7 Å². The third-order valence-corrected chi connectivity index (χ3v) is 8.93. The second-order valence-corrected chi connectivity index (χ2v) is 12.7. The lowest BCUT2D eigenvalue weighted by Gasteiger charge is -2.19. The number of benzene rings is 4. The number of aryl methyl sites for hydroxylation is 1. The fraction of sp³-hybridized carbons (Fsp3) is 0.235. The first kappa shape index (κ1) is 30.6. The van der Waals surface area contributed by atoms with Gasteiger partial charge in [0.25, 0.3) is 21.8 Å². The number of hydrogen-bond acceptors (Lipinski definition) is 6. The predicted molar refractivity (Wildman–Crippen MR) is 173 cm³/mol. The lowest BCUT2D eigenvalue weighted by atomic mass is 10.0. The van der Waals surface area contributed by atoms with E-state index in [1.165, 1.54) is 12.0 Å². The van der Waals surface area contributed by atoms with Crippen LogP contribution in [0.15, 0.2) is 95.9 Å². The topological polar surface area (TPSA) is 108 Å². The van der Waals surface area contributed by atoms with Crippen molar-refractivity contribution in [1.82, 2.24) is 9.80 Å². The minimum Gasteiger partial charge on any atom is -0.495 e. The maximum absolute atomic E-state index is 13.6. The Morgan fingerprint density at radius 2 is 1.57 bits per heavy atom. The van der Waals surface area contributed by atoms with E-state index in [0.717, 1.165) is 17.7 Å². The molecule has 4 aromatic carbocycles. The van der Waals surface area contributed by atoms with Crippen LogP contribution in [0.2, 0.25) is 0 Å². The van der Waals surface area contributed by atoms with E-state index in [2.05, 4.69) is 10.0 Å². The summed E-state index contributed by atoms with van der Waals surface area (Å²) in [5.74, 6) is 0.0543. The van der Waals surface area contributed by atoms with E-state index >= 15 is 0 Å². The third-order valence-electron chi connectivity index (χ3n) is 7.53. The number of hydrogen-bond donors (Lipinski definition) is 2. The number of nitrogens with one attached hydrogen (secondary N) is 2. The van der Waals surface area contributed by atoms with Crippen molar-refractivity contribution in [1.29, 1.82) is 0 Å². The Bertz CT molecular complexity index is 1810. The second kappa shape index (κ2) is 12.8. The summed E-state index contributed by atoms with van der Waals surface area (Å²) in [6.07, 6.45) is 0.777. The van der Waals surface area contributed by atoms with Gasteiger partial charge in [-0.15, -0.1) is 0 Å². The molecule has 1 aliphatic heterocycles. The molecule has 0 aromatic heterocycles. The number of amides is 2. The Morgan fingerprint density at radius 3 is 2.32 bits per heavy atom. The highest BCUT2D eigenvalue weighted by Crippen LogP contribution is 2.32. The van der Waals surface area contributed by atoms with Crippen LogP contribution in [0, 0.1) is 6.92 Å². The summed E-state index contributed by atoms with van der Waals surface area (Å²) in [6, 6.07) is 26.6. The minimum atomic E-state index is -4.06. The lowest BCUT2D eigenvalue weighted by Crippen LogP contribution is -2.31. The minimum absolute atomic E-state index is 0.00622. The summed E-state index contributed by atoms with van der Waals surface area (Å²) in [5.41, 5.74) is 4.67. The van der Waals surface area contributed by atoms with Crippen molar-refractivity contribution in [3.63, 3.8) is 0 Å². The molecule has 1 heterocycles. The van der Waals surface area contributed by atoms with Gasteiger partial charge in [-0.3, -0.25) is 14.3 Å². The average Bonchev–Trinajstić information content (AvgIpc) is 3.48. The molecular weight excluding hydrogens is 576 g/mol. The normalized spacial score (nSPS) is 14.6. The Balaban J connectivity index is 1.31. The summed E-state index contributed by atoms with van der Waals surface area (Å²) in [6.45, 7) is 3.15. The van der Waals surface area contributed by atoms with Gasteiger partial charge in [-0.2, -0.15) is 0 Å². The first-order chi connectivity index (χ1) is 21.0. The zero-order chi connectivity index (χ0) is 31.4. The van der Waals surface area contributed by atoms with E-state index in [0.29, 0.717) is 41.0 Å². The number of anilines is 2. The molecule has 0 saturated carbocycles. The van der Waals surface area contributed by atoms with Crippen molar-refractivity contribution in [2.45, 2.75) is 24.3 Å². The maximum atomic E-state index is 13.6. The molecule has 9 nitrogen and oxygen atoms in total. The van der Waals surface area contributed by atoms with Crippen LogP contribution in [0.5, 0.6) is 5.75 Å². The Hall–Kier alpha value is -4.83.